The third-order valence-corrected chi connectivity index (χ3v) is 5.69. The van der Waals surface area contributed by atoms with Gasteiger partial charge in [0.2, 0.25) is 5.91 Å². The van der Waals surface area contributed by atoms with E-state index >= 15 is 0 Å². The van der Waals surface area contributed by atoms with Gasteiger partial charge in [0.25, 0.3) is 0 Å². The van der Waals surface area contributed by atoms with Crippen molar-refractivity contribution in [2.24, 2.45) is 7.05 Å². The minimum absolute atomic E-state index is 0.0775. The van der Waals surface area contributed by atoms with E-state index in [0.29, 0.717) is 5.69 Å². The third kappa shape index (κ3) is 5.22. The number of alkyl carbamates (subject to hydrolysis) is 1. The number of aliphatic carboxylic acids is 1. The largest absolute Gasteiger partial charge is 0.481 e. The fraction of sp³-hybridized carbons (Fsp3) is 0.292. The van der Waals surface area contributed by atoms with Gasteiger partial charge >= 0.3 is 12.1 Å². The Morgan fingerprint density at radius 2 is 1.74 bits per heavy atom. The maximum atomic E-state index is 12.6. The van der Waals surface area contributed by atoms with Crippen molar-refractivity contribution in [3.63, 3.8) is 0 Å². The number of amides is 2. The highest BCUT2D eigenvalue weighted by Crippen LogP contribution is 2.44. The molecule has 0 aliphatic heterocycles. The van der Waals surface area contributed by atoms with E-state index in [9.17, 15) is 14.4 Å². The average molecular weight is 463 g/mol. The van der Waals surface area contributed by atoms with Crippen molar-refractivity contribution in [3.8, 4) is 11.1 Å². The monoisotopic (exact) mass is 463 g/mol. The van der Waals surface area contributed by atoms with Gasteiger partial charge in [0.15, 0.2) is 0 Å². The van der Waals surface area contributed by atoms with E-state index in [1.165, 1.54) is 4.68 Å². The van der Waals surface area contributed by atoms with Gasteiger partial charge in [0.1, 0.15) is 18.3 Å². The van der Waals surface area contributed by atoms with Crippen molar-refractivity contribution in [1.29, 1.82) is 0 Å². The number of hydrogen-bond acceptors (Lipinski definition) is 6. The topological polar surface area (TPSA) is 135 Å². The van der Waals surface area contributed by atoms with Crippen LogP contribution in [0.15, 0.2) is 54.7 Å². The first kappa shape index (κ1) is 23.0. The standard InChI is InChI=1S/C24H25N5O5/c1-29-13-15(27-28-29)12-25-23(32)21(10-11-22(30)31)26-24(33)34-14-20-18-8-4-2-6-16(18)17-7-3-5-9-19(17)20/h2-9,13,20-21H,10-12,14H2,1H3,(H,25,32)(H,26,33)(H,30,31). The van der Waals surface area contributed by atoms with E-state index < -0.39 is 24.0 Å². The molecule has 2 aromatic carbocycles. The number of aromatic nitrogens is 3. The fourth-order valence-electron chi connectivity index (χ4n) is 4.10. The zero-order valence-electron chi connectivity index (χ0n) is 18.6. The first-order chi connectivity index (χ1) is 16.4. The number of nitrogens with one attached hydrogen (secondary N) is 2. The second-order valence-corrected chi connectivity index (χ2v) is 8.06. The van der Waals surface area contributed by atoms with Gasteiger partial charge < -0.3 is 20.5 Å². The number of carboxylic acids is 1. The van der Waals surface area contributed by atoms with Gasteiger partial charge in [-0.2, -0.15) is 0 Å². The van der Waals surface area contributed by atoms with Gasteiger partial charge in [0.05, 0.1) is 6.54 Å². The normalized spacial score (nSPS) is 13.0. The van der Waals surface area contributed by atoms with Gasteiger partial charge in [0, 0.05) is 25.6 Å². The lowest BCUT2D eigenvalue weighted by molar-refractivity contribution is -0.137. The molecule has 1 heterocycles. The van der Waals surface area contributed by atoms with Gasteiger partial charge in [-0.05, 0) is 28.7 Å². The highest BCUT2D eigenvalue weighted by Gasteiger charge is 2.30. The summed E-state index contributed by atoms with van der Waals surface area (Å²) in [4.78, 5) is 36.2. The molecule has 176 valence electrons. The maximum absolute atomic E-state index is 12.6. The van der Waals surface area contributed by atoms with Gasteiger partial charge in [-0.1, -0.05) is 53.7 Å². The molecule has 1 aliphatic rings. The predicted octanol–water partition coefficient (Wildman–Crippen LogP) is 2.20. The molecular formula is C24H25N5O5. The Hall–Kier alpha value is -4.21. The van der Waals surface area contributed by atoms with Crippen LogP contribution in [0, 0.1) is 0 Å². The minimum Gasteiger partial charge on any atom is -0.481 e. The van der Waals surface area contributed by atoms with E-state index in [-0.39, 0.29) is 31.9 Å². The Labute approximate surface area is 195 Å². The maximum Gasteiger partial charge on any atom is 0.407 e. The zero-order valence-corrected chi connectivity index (χ0v) is 18.6. The second kappa shape index (κ2) is 10.2. The van der Waals surface area contributed by atoms with Crippen LogP contribution in [0.3, 0.4) is 0 Å². The Morgan fingerprint density at radius 1 is 1.09 bits per heavy atom. The number of carbonyl (C=O) groups is 3. The van der Waals surface area contributed by atoms with E-state index in [1.54, 1.807) is 13.2 Å². The summed E-state index contributed by atoms with van der Waals surface area (Å²) >= 11 is 0. The summed E-state index contributed by atoms with van der Waals surface area (Å²) in [6, 6.07) is 14.9. The molecule has 0 fully saturated rings. The van der Waals surface area contributed by atoms with Crippen molar-refractivity contribution in [2.45, 2.75) is 31.3 Å². The number of hydrogen-bond donors (Lipinski definition) is 3. The van der Waals surface area contributed by atoms with Crippen LogP contribution in [-0.4, -0.2) is 50.7 Å². The lowest BCUT2D eigenvalue weighted by Gasteiger charge is -2.19. The van der Waals surface area contributed by atoms with Crippen molar-refractivity contribution in [2.75, 3.05) is 6.61 Å². The Bertz CT molecular complexity index is 1160. The lowest BCUT2D eigenvalue weighted by atomic mass is 9.98. The van der Waals surface area contributed by atoms with Crippen LogP contribution in [0.25, 0.3) is 11.1 Å². The SMILES string of the molecule is Cn1cc(CNC(=O)C(CCC(=O)O)NC(=O)OCC2c3ccccc3-c3ccccc32)nn1. The summed E-state index contributed by atoms with van der Waals surface area (Å²) in [7, 11) is 1.70. The number of nitrogens with zero attached hydrogens (tertiary/aromatic N) is 3. The molecule has 1 atom stereocenters. The number of benzene rings is 2. The molecule has 0 spiro atoms. The highest BCUT2D eigenvalue weighted by molar-refractivity contribution is 5.86. The summed E-state index contributed by atoms with van der Waals surface area (Å²) in [6.07, 6.45) is 0.497. The molecular weight excluding hydrogens is 438 g/mol. The number of carboxylic acid groups (broad SMARTS) is 1. The molecule has 0 saturated carbocycles. The summed E-state index contributed by atoms with van der Waals surface area (Å²) in [5.41, 5.74) is 4.89. The molecule has 10 nitrogen and oxygen atoms in total. The molecule has 4 rings (SSSR count). The Kier molecular flexibility index (Phi) is 6.86. The van der Waals surface area contributed by atoms with Crippen LogP contribution in [0.4, 0.5) is 4.79 Å². The molecule has 34 heavy (non-hydrogen) atoms. The van der Waals surface area contributed by atoms with Gasteiger partial charge in [-0.15, -0.1) is 5.10 Å². The minimum atomic E-state index is -1.07. The van der Waals surface area contributed by atoms with Crippen LogP contribution in [-0.2, 0) is 27.9 Å². The van der Waals surface area contributed by atoms with Crippen LogP contribution in [0.2, 0.25) is 0 Å². The first-order valence-electron chi connectivity index (χ1n) is 10.9. The average Bonchev–Trinajstić information content (AvgIpc) is 3.39. The number of aryl methyl sites for hydroxylation is 1. The second-order valence-electron chi connectivity index (χ2n) is 8.06. The van der Waals surface area contributed by atoms with Crippen molar-refractivity contribution in [3.05, 3.63) is 71.5 Å². The Morgan fingerprint density at radius 3 is 2.32 bits per heavy atom. The number of carbonyl (C=O) groups excluding carboxylic acids is 2. The van der Waals surface area contributed by atoms with E-state index in [4.69, 9.17) is 9.84 Å². The zero-order chi connectivity index (χ0) is 24.1. The van der Waals surface area contributed by atoms with E-state index in [1.807, 2.05) is 48.5 Å². The summed E-state index contributed by atoms with van der Waals surface area (Å²) < 4.78 is 6.99. The molecule has 3 N–H and O–H groups in total. The molecule has 1 aliphatic carbocycles. The molecule has 1 aromatic heterocycles. The predicted molar refractivity (Wildman–Crippen MR) is 122 cm³/mol. The van der Waals surface area contributed by atoms with Crippen molar-refractivity contribution in [1.82, 2.24) is 25.6 Å². The Balaban J connectivity index is 1.38. The van der Waals surface area contributed by atoms with Crippen LogP contribution >= 0.6 is 0 Å². The molecule has 10 heteroatoms. The summed E-state index contributed by atoms with van der Waals surface area (Å²) in [6.45, 7) is 0.190. The van der Waals surface area contributed by atoms with Gasteiger partial charge in [-0.25, -0.2) is 4.79 Å². The number of fused-ring (bicyclic) bond motifs is 3. The summed E-state index contributed by atoms with van der Waals surface area (Å²) in [5.74, 6) is -1.72. The quantitative estimate of drug-likeness (QED) is 0.443. The van der Waals surface area contributed by atoms with Crippen molar-refractivity contribution < 1.29 is 24.2 Å². The molecule has 1 unspecified atom stereocenters. The van der Waals surface area contributed by atoms with Gasteiger partial charge in [-0.3, -0.25) is 14.3 Å². The van der Waals surface area contributed by atoms with Crippen LogP contribution in [0.1, 0.15) is 35.6 Å². The fourth-order valence-corrected chi connectivity index (χ4v) is 4.10. The van der Waals surface area contributed by atoms with Crippen molar-refractivity contribution >= 4 is 18.0 Å². The summed E-state index contributed by atoms with van der Waals surface area (Å²) in [5, 5.41) is 21.9. The first-order valence-corrected chi connectivity index (χ1v) is 10.9. The molecule has 0 bridgehead atoms. The molecule has 0 radical (unpaired) electrons. The molecule has 3 aromatic rings. The van der Waals surface area contributed by atoms with Crippen LogP contribution in [0.5, 0.6) is 0 Å². The lowest BCUT2D eigenvalue weighted by Crippen LogP contribution is -2.47. The number of rotatable bonds is 9. The highest BCUT2D eigenvalue weighted by atomic mass is 16.5. The van der Waals surface area contributed by atoms with E-state index in [0.717, 1.165) is 22.3 Å². The number of ether oxygens (including phenoxy) is 1. The van der Waals surface area contributed by atoms with E-state index in [2.05, 4.69) is 20.9 Å². The van der Waals surface area contributed by atoms with Crippen LogP contribution < -0.4 is 10.6 Å². The smallest absolute Gasteiger partial charge is 0.407 e. The molecule has 0 saturated heterocycles. The molecule has 2 amide bonds. The third-order valence-electron chi connectivity index (χ3n) is 5.69.